The first-order chi connectivity index (χ1) is 10.9. The molecular weight excluding hydrogens is 286 g/mol. The zero-order valence-corrected chi connectivity index (χ0v) is 14.5. The largest absolute Gasteiger partial charge is 0.490 e. The summed E-state index contributed by atoms with van der Waals surface area (Å²) in [5.74, 6) is 0.501. The van der Waals surface area contributed by atoms with Crippen LogP contribution in [-0.2, 0) is 0 Å². The van der Waals surface area contributed by atoms with Gasteiger partial charge in [-0.25, -0.2) is 0 Å². The summed E-state index contributed by atoms with van der Waals surface area (Å²) in [6.45, 7) is 10.0. The summed E-state index contributed by atoms with van der Waals surface area (Å²) in [5, 5.41) is 3.07. The number of carbonyl (C=O) groups excluding carboxylic acids is 1. The maximum Gasteiger partial charge on any atom is 0.255 e. The van der Waals surface area contributed by atoms with Gasteiger partial charge in [0.1, 0.15) is 5.75 Å². The quantitative estimate of drug-likeness (QED) is 0.877. The molecular formula is C20H25NO2. The second kappa shape index (κ2) is 7.32. The van der Waals surface area contributed by atoms with Crippen molar-refractivity contribution in [2.24, 2.45) is 0 Å². The number of hydrogen-bond acceptors (Lipinski definition) is 2. The number of hydrogen-bond donors (Lipinski definition) is 1. The summed E-state index contributed by atoms with van der Waals surface area (Å²) >= 11 is 0. The van der Waals surface area contributed by atoms with Gasteiger partial charge in [0, 0.05) is 0 Å². The fourth-order valence-electron chi connectivity index (χ4n) is 2.67. The molecule has 0 fully saturated rings. The predicted molar refractivity (Wildman–Crippen MR) is 94.0 cm³/mol. The highest BCUT2D eigenvalue weighted by molar-refractivity contribution is 5.97. The molecule has 0 spiro atoms. The number of ether oxygens (including phenoxy) is 1. The van der Waals surface area contributed by atoms with Gasteiger partial charge in [0.15, 0.2) is 0 Å². The highest BCUT2D eigenvalue weighted by Crippen LogP contribution is 2.22. The zero-order valence-electron chi connectivity index (χ0n) is 14.5. The van der Waals surface area contributed by atoms with Crippen LogP contribution in [0.25, 0.3) is 0 Å². The fraction of sp³-hybridized carbons (Fsp3) is 0.350. The van der Waals surface area contributed by atoms with Gasteiger partial charge in [0.2, 0.25) is 0 Å². The summed E-state index contributed by atoms with van der Waals surface area (Å²) in [4.78, 5) is 12.6. The molecule has 3 heteroatoms. The lowest BCUT2D eigenvalue weighted by atomic mass is 10.00. The Labute approximate surface area is 138 Å². The van der Waals surface area contributed by atoms with Crippen LogP contribution in [0.4, 0.5) is 0 Å². The molecule has 1 amide bonds. The normalized spacial score (nSPS) is 12.1. The van der Waals surface area contributed by atoms with E-state index in [4.69, 9.17) is 4.74 Å². The maximum absolute atomic E-state index is 12.6. The molecule has 3 nitrogen and oxygen atoms in total. The van der Waals surface area contributed by atoms with Gasteiger partial charge in [0.25, 0.3) is 5.91 Å². The van der Waals surface area contributed by atoms with E-state index in [1.807, 2.05) is 39.0 Å². The van der Waals surface area contributed by atoms with E-state index in [9.17, 15) is 4.79 Å². The molecule has 1 N–H and O–H groups in total. The second-order valence-electron chi connectivity index (χ2n) is 6.22. The first-order valence-corrected chi connectivity index (χ1v) is 8.02. The third-order valence-corrected chi connectivity index (χ3v) is 3.73. The summed E-state index contributed by atoms with van der Waals surface area (Å²) < 4.78 is 5.73. The minimum atomic E-state index is -0.117. The van der Waals surface area contributed by atoms with Crippen LogP contribution in [0.1, 0.15) is 53.9 Å². The molecule has 0 aliphatic heterocycles. The van der Waals surface area contributed by atoms with E-state index in [1.54, 1.807) is 6.07 Å². The van der Waals surface area contributed by atoms with Crippen molar-refractivity contribution in [3.05, 3.63) is 64.7 Å². The van der Waals surface area contributed by atoms with E-state index < -0.39 is 0 Å². The Kier molecular flexibility index (Phi) is 5.43. The molecule has 2 rings (SSSR count). The molecule has 0 bridgehead atoms. The molecule has 0 saturated heterocycles. The number of para-hydroxylation sites is 1. The molecule has 0 aliphatic carbocycles. The Morgan fingerprint density at radius 1 is 1.04 bits per heavy atom. The van der Waals surface area contributed by atoms with Gasteiger partial charge >= 0.3 is 0 Å². The van der Waals surface area contributed by atoms with Gasteiger partial charge in [-0.3, -0.25) is 4.79 Å². The summed E-state index contributed by atoms with van der Waals surface area (Å²) in [5.41, 5.74) is 4.11. The molecule has 0 aliphatic rings. The number of nitrogens with one attached hydrogen (secondary N) is 1. The first-order valence-electron chi connectivity index (χ1n) is 8.02. The highest BCUT2D eigenvalue weighted by Gasteiger charge is 2.17. The molecule has 23 heavy (non-hydrogen) atoms. The average Bonchev–Trinajstić information content (AvgIpc) is 2.46. The van der Waals surface area contributed by atoms with Crippen LogP contribution in [0.15, 0.2) is 42.5 Å². The van der Waals surface area contributed by atoms with E-state index in [-0.39, 0.29) is 18.1 Å². The standard InChI is InChI=1S/C20H25NO2/c1-13(2)23-19-9-7-6-8-18(19)20(22)21-16(5)17-11-10-14(3)12-15(17)4/h6-13,16H,1-5H3,(H,21,22). The first kappa shape index (κ1) is 17.1. The van der Waals surface area contributed by atoms with Crippen LogP contribution in [-0.4, -0.2) is 12.0 Å². The minimum Gasteiger partial charge on any atom is -0.490 e. The van der Waals surface area contributed by atoms with Crippen LogP contribution < -0.4 is 10.1 Å². The Morgan fingerprint density at radius 2 is 1.74 bits per heavy atom. The fourth-order valence-corrected chi connectivity index (χ4v) is 2.67. The second-order valence-corrected chi connectivity index (χ2v) is 6.22. The maximum atomic E-state index is 12.6. The Hall–Kier alpha value is -2.29. The van der Waals surface area contributed by atoms with Crippen molar-refractivity contribution in [2.75, 3.05) is 0 Å². The third kappa shape index (κ3) is 4.35. The summed E-state index contributed by atoms with van der Waals surface area (Å²) in [7, 11) is 0. The average molecular weight is 311 g/mol. The van der Waals surface area contributed by atoms with Crippen molar-refractivity contribution in [1.29, 1.82) is 0 Å². The Bertz CT molecular complexity index is 692. The van der Waals surface area contributed by atoms with Crippen molar-refractivity contribution in [3.8, 4) is 5.75 Å². The van der Waals surface area contributed by atoms with E-state index >= 15 is 0 Å². The molecule has 2 aromatic carbocycles. The van der Waals surface area contributed by atoms with Gasteiger partial charge in [-0.1, -0.05) is 35.9 Å². The lowest BCUT2D eigenvalue weighted by Crippen LogP contribution is -2.27. The SMILES string of the molecule is Cc1ccc(C(C)NC(=O)c2ccccc2OC(C)C)c(C)c1. The number of aryl methyl sites for hydroxylation is 2. The molecule has 122 valence electrons. The number of carbonyl (C=O) groups is 1. The molecule has 0 heterocycles. The molecule has 0 aromatic heterocycles. The van der Waals surface area contributed by atoms with E-state index in [0.717, 1.165) is 5.56 Å². The minimum absolute atomic E-state index is 0.0284. The van der Waals surface area contributed by atoms with Gasteiger partial charge < -0.3 is 10.1 Å². The Balaban J connectivity index is 2.18. The molecule has 0 saturated carbocycles. The molecule has 1 atom stereocenters. The van der Waals surface area contributed by atoms with Gasteiger partial charge in [-0.2, -0.15) is 0 Å². The van der Waals surface area contributed by atoms with Gasteiger partial charge in [-0.05, 0) is 57.9 Å². The van der Waals surface area contributed by atoms with Crippen LogP contribution in [0.3, 0.4) is 0 Å². The Morgan fingerprint density at radius 3 is 2.39 bits per heavy atom. The topological polar surface area (TPSA) is 38.3 Å². The van der Waals surface area contributed by atoms with E-state index in [2.05, 4.69) is 37.4 Å². The molecule has 1 unspecified atom stereocenters. The highest BCUT2D eigenvalue weighted by atomic mass is 16.5. The van der Waals surface area contributed by atoms with Gasteiger partial charge in [0.05, 0.1) is 17.7 Å². The van der Waals surface area contributed by atoms with Crippen LogP contribution in [0.2, 0.25) is 0 Å². The molecule has 0 radical (unpaired) electrons. The van der Waals surface area contributed by atoms with Crippen LogP contribution >= 0.6 is 0 Å². The van der Waals surface area contributed by atoms with Crippen molar-refractivity contribution in [1.82, 2.24) is 5.32 Å². The van der Waals surface area contributed by atoms with E-state index in [1.165, 1.54) is 11.1 Å². The van der Waals surface area contributed by atoms with Gasteiger partial charge in [-0.15, -0.1) is 0 Å². The van der Waals surface area contributed by atoms with Crippen molar-refractivity contribution in [2.45, 2.75) is 46.8 Å². The lowest BCUT2D eigenvalue weighted by molar-refractivity contribution is 0.0934. The summed E-state index contributed by atoms with van der Waals surface area (Å²) in [6.07, 6.45) is 0.0284. The van der Waals surface area contributed by atoms with Crippen LogP contribution in [0.5, 0.6) is 5.75 Å². The lowest BCUT2D eigenvalue weighted by Gasteiger charge is -2.19. The smallest absolute Gasteiger partial charge is 0.255 e. The summed E-state index contributed by atoms with van der Waals surface area (Å²) in [6, 6.07) is 13.6. The number of benzene rings is 2. The van der Waals surface area contributed by atoms with E-state index in [0.29, 0.717) is 11.3 Å². The zero-order chi connectivity index (χ0) is 17.0. The molecule has 2 aromatic rings. The number of rotatable bonds is 5. The van der Waals surface area contributed by atoms with Crippen LogP contribution in [0, 0.1) is 13.8 Å². The monoisotopic (exact) mass is 311 g/mol. The van der Waals surface area contributed by atoms with Crippen molar-refractivity contribution in [3.63, 3.8) is 0 Å². The van der Waals surface area contributed by atoms with Crippen molar-refractivity contribution >= 4 is 5.91 Å². The number of amides is 1. The van der Waals surface area contributed by atoms with Crippen molar-refractivity contribution < 1.29 is 9.53 Å². The predicted octanol–water partition coefficient (Wildman–Crippen LogP) is 4.58. The third-order valence-electron chi connectivity index (χ3n) is 3.73.